The zero-order valence-electron chi connectivity index (χ0n) is 17.6. The molecule has 0 radical (unpaired) electrons. The molecular weight excluding hydrogens is 434 g/mol. The van der Waals surface area contributed by atoms with E-state index >= 15 is 0 Å². The summed E-state index contributed by atoms with van der Waals surface area (Å²) in [6, 6.07) is 10.0. The van der Waals surface area contributed by atoms with E-state index in [9.17, 15) is 18.4 Å². The predicted molar refractivity (Wildman–Crippen MR) is 115 cm³/mol. The van der Waals surface area contributed by atoms with Gasteiger partial charge in [0.15, 0.2) is 12.4 Å². The molecule has 9 nitrogen and oxygen atoms in total. The molecule has 170 valence electrons. The number of halogens is 2. The molecule has 2 aromatic carbocycles. The first-order valence-electron chi connectivity index (χ1n) is 10.0. The minimum absolute atomic E-state index is 0.0506. The molecule has 0 spiro atoms. The van der Waals surface area contributed by atoms with Gasteiger partial charge in [-0.15, -0.1) is 0 Å². The summed E-state index contributed by atoms with van der Waals surface area (Å²) < 4.78 is 32.2. The van der Waals surface area contributed by atoms with Crippen molar-refractivity contribution in [1.82, 2.24) is 15.0 Å². The number of nitrogen functional groups attached to an aromatic ring is 1. The maximum absolute atomic E-state index is 13.9. The SMILES string of the molecule is Cc1ccc(N2CC(C(=O)OCc3nc(N)nc(Nc4ccc(F)cc4)n3)CC2=O)cc1F. The molecule has 1 unspecified atom stereocenters. The van der Waals surface area contributed by atoms with Gasteiger partial charge in [-0.25, -0.2) is 8.78 Å². The number of anilines is 4. The van der Waals surface area contributed by atoms with Crippen LogP contribution in [-0.2, 0) is 20.9 Å². The fraction of sp³-hybridized carbons (Fsp3) is 0.227. The van der Waals surface area contributed by atoms with E-state index in [1.807, 2.05) is 0 Å². The second kappa shape index (κ2) is 9.15. The Morgan fingerprint density at radius 1 is 1.18 bits per heavy atom. The van der Waals surface area contributed by atoms with Crippen LogP contribution >= 0.6 is 0 Å². The monoisotopic (exact) mass is 454 g/mol. The van der Waals surface area contributed by atoms with Crippen LogP contribution < -0.4 is 16.0 Å². The average Bonchev–Trinajstić information content (AvgIpc) is 3.17. The summed E-state index contributed by atoms with van der Waals surface area (Å²) in [5, 5.41) is 2.86. The highest BCUT2D eigenvalue weighted by Crippen LogP contribution is 2.27. The zero-order valence-corrected chi connectivity index (χ0v) is 17.6. The largest absolute Gasteiger partial charge is 0.457 e. The number of nitrogens with zero attached hydrogens (tertiary/aromatic N) is 4. The van der Waals surface area contributed by atoms with Crippen LogP contribution in [0.4, 0.5) is 32.1 Å². The summed E-state index contributed by atoms with van der Waals surface area (Å²) >= 11 is 0. The topological polar surface area (TPSA) is 123 Å². The number of aromatic nitrogens is 3. The molecule has 1 fully saturated rings. The second-order valence-corrected chi connectivity index (χ2v) is 7.51. The quantitative estimate of drug-likeness (QED) is 0.545. The highest BCUT2D eigenvalue weighted by Gasteiger charge is 2.36. The van der Waals surface area contributed by atoms with Gasteiger partial charge in [-0.2, -0.15) is 15.0 Å². The van der Waals surface area contributed by atoms with Crippen molar-refractivity contribution < 1.29 is 23.1 Å². The summed E-state index contributed by atoms with van der Waals surface area (Å²) in [5.74, 6) is -2.32. The van der Waals surface area contributed by atoms with Gasteiger partial charge in [0.05, 0.1) is 5.92 Å². The van der Waals surface area contributed by atoms with Crippen molar-refractivity contribution in [3.05, 3.63) is 65.5 Å². The fourth-order valence-electron chi connectivity index (χ4n) is 3.34. The van der Waals surface area contributed by atoms with E-state index in [1.165, 1.54) is 35.2 Å². The van der Waals surface area contributed by atoms with Crippen molar-refractivity contribution in [1.29, 1.82) is 0 Å². The second-order valence-electron chi connectivity index (χ2n) is 7.51. The smallest absolute Gasteiger partial charge is 0.311 e. The Balaban J connectivity index is 1.38. The van der Waals surface area contributed by atoms with Crippen molar-refractivity contribution in [2.45, 2.75) is 20.0 Å². The maximum Gasteiger partial charge on any atom is 0.311 e. The Morgan fingerprint density at radius 3 is 2.67 bits per heavy atom. The van der Waals surface area contributed by atoms with Crippen LogP contribution in [0.2, 0.25) is 0 Å². The lowest BCUT2D eigenvalue weighted by atomic mass is 10.1. The molecule has 2 heterocycles. The molecule has 0 aliphatic carbocycles. The Labute approximate surface area is 187 Å². The molecule has 4 rings (SSSR count). The number of nitrogens with two attached hydrogens (primary N) is 1. The van der Waals surface area contributed by atoms with Crippen molar-refractivity contribution in [2.75, 3.05) is 22.5 Å². The van der Waals surface area contributed by atoms with Gasteiger partial charge in [-0.1, -0.05) is 6.07 Å². The van der Waals surface area contributed by atoms with Gasteiger partial charge in [-0.3, -0.25) is 9.59 Å². The molecule has 1 aromatic heterocycles. The Morgan fingerprint density at radius 2 is 1.94 bits per heavy atom. The predicted octanol–water partition coefficient (Wildman–Crippen LogP) is 2.88. The summed E-state index contributed by atoms with van der Waals surface area (Å²) in [6.07, 6.45) is -0.0506. The van der Waals surface area contributed by atoms with E-state index in [2.05, 4.69) is 20.3 Å². The summed E-state index contributed by atoms with van der Waals surface area (Å²) in [4.78, 5) is 38.3. The number of carbonyl (C=O) groups is 2. The van der Waals surface area contributed by atoms with E-state index in [1.54, 1.807) is 19.1 Å². The minimum Gasteiger partial charge on any atom is -0.457 e. The van der Waals surface area contributed by atoms with E-state index < -0.39 is 17.7 Å². The zero-order chi connectivity index (χ0) is 23.5. The van der Waals surface area contributed by atoms with Crippen LogP contribution in [0.3, 0.4) is 0 Å². The lowest BCUT2D eigenvalue weighted by Crippen LogP contribution is -2.26. The van der Waals surface area contributed by atoms with Crippen LogP contribution in [0.25, 0.3) is 0 Å². The molecule has 3 aromatic rings. The number of carbonyl (C=O) groups excluding carboxylic acids is 2. The van der Waals surface area contributed by atoms with Gasteiger partial charge in [0.2, 0.25) is 17.8 Å². The van der Waals surface area contributed by atoms with Gasteiger partial charge in [0.25, 0.3) is 0 Å². The van der Waals surface area contributed by atoms with Crippen molar-refractivity contribution in [3.63, 3.8) is 0 Å². The number of hydrogen-bond donors (Lipinski definition) is 2. The standard InChI is InChI=1S/C22H20F2N6O3/c1-12-2-7-16(9-17(12)24)30-10-13(8-19(30)31)20(32)33-11-18-27-21(25)29-22(28-18)26-15-5-3-14(23)4-6-15/h2-7,9,13H,8,10-11H2,1H3,(H3,25,26,27,28,29). The van der Waals surface area contributed by atoms with Gasteiger partial charge in [-0.05, 0) is 48.9 Å². The van der Waals surface area contributed by atoms with Crippen molar-refractivity contribution >= 4 is 35.1 Å². The number of benzene rings is 2. The number of esters is 1. The van der Waals surface area contributed by atoms with Crippen LogP contribution in [0.5, 0.6) is 0 Å². The lowest BCUT2D eigenvalue weighted by Gasteiger charge is -2.17. The Hall–Kier alpha value is -4.15. The summed E-state index contributed by atoms with van der Waals surface area (Å²) in [5.41, 5.74) is 7.09. The number of ether oxygens (including phenoxy) is 1. The van der Waals surface area contributed by atoms with Gasteiger partial charge >= 0.3 is 5.97 Å². The minimum atomic E-state index is -0.710. The van der Waals surface area contributed by atoms with Crippen LogP contribution in [0, 0.1) is 24.5 Å². The maximum atomic E-state index is 13.9. The van der Waals surface area contributed by atoms with E-state index in [0.29, 0.717) is 16.9 Å². The third-order valence-electron chi connectivity index (χ3n) is 5.07. The molecule has 1 atom stereocenters. The van der Waals surface area contributed by atoms with E-state index in [-0.39, 0.29) is 49.0 Å². The first-order chi connectivity index (χ1) is 15.8. The molecule has 1 amide bonds. The van der Waals surface area contributed by atoms with Gasteiger partial charge in [0.1, 0.15) is 11.6 Å². The summed E-state index contributed by atoms with van der Waals surface area (Å²) in [7, 11) is 0. The average molecular weight is 454 g/mol. The van der Waals surface area contributed by atoms with Crippen LogP contribution in [-0.4, -0.2) is 33.4 Å². The van der Waals surface area contributed by atoms with Crippen molar-refractivity contribution in [3.8, 4) is 0 Å². The molecule has 1 aliphatic rings. The van der Waals surface area contributed by atoms with Crippen molar-refractivity contribution in [2.24, 2.45) is 5.92 Å². The third kappa shape index (κ3) is 5.20. The highest BCUT2D eigenvalue weighted by atomic mass is 19.1. The first kappa shape index (κ1) is 22.1. The van der Waals surface area contributed by atoms with Gasteiger partial charge < -0.3 is 20.7 Å². The molecular formula is C22H20F2N6O3. The normalized spacial score (nSPS) is 15.5. The number of hydrogen-bond acceptors (Lipinski definition) is 8. The highest BCUT2D eigenvalue weighted by molar-refractivity contribution is 5.99. The first-order valence-corrected chi connectivity index (χ1v) is 10.0. The van der Waals surface area contributed by atoms with Crippen LogP contribution in [0.1, 0.15) is 17.8 Å². The van der Waals surface area contributed by atoms with E-state index in [0.717, 1.165) is 0 Å². The number of amides is 1. The molecule has 3 N–H and O–H groups in total. The van der Waals surface area contributed by atoms with Gasteiger partial charge in [0, 0.05) is 24.3 Å². The Kier molecular flexibility index (Phi) is 6.11. The molecule has 0 saturated carbocycles. The molecule has 33 heavy (non-hydrogen) atoms. The third-order valence-corrected chi connectivity index (χ3v) is 5.07. The molecule has 11 heteroatoms. The lowest BCUT2D eigenvalue weighted by molar-refractivity contribution is -0.149. The number of aryl methyl sites for hydroxylation is 1. The fourth-order valence-corrected chi connectivity index (χ4v) is 3.34. The molecule has 0 bridgehead atoms. The number of rotatable bonds is 6. The molecule has 1 saturated heterocycles. The number of nitrogens with one attached hydrogen (secondary N) is 1. The van der Waals surface area contributed by atoms with Crippen LogP contribution in [0.15, 0.2) is 42.5 Å². The van der Waals surface area contributed by atoms with E-state index in [4.69, 9.17) is 10.5 Å². The molecule has 1 aliphatic heterocycles. The summed E-state index contributed by atoms with van der Waals surface area (Å²) in [6.45, 7) is 1.42. The Bertz CT molecular complexity index is 1210.